The molecule has 0 saturated carbocycles. The topological polar surface area (TPSA) is 20.2 Å². The Bertz CT molecular complexity index is 528. The summed E-state index contributed by atoms with van der Waals surface area (Å²) in [4.78, 5) is 0. The summed E-state index contributed by atoms with van der Waals surface area (Å²) >= 11 is 0. The van der Waals surface area contributed by atoms with Crippen LogP contribution in [0.15, 0.2) is 66.7 Å². The van der Waals surface area contributed by atoms with Crippen molar-refractivity contribution in [3.63, 3.8) is 0 Å². The standard InChI is InChI=1S/C19H22O/c1-2-16(17-10-5-3-6-11-17)14-9-15-19(20)18-12-7-4-8-13-18/h3-8,10-14,19-20H,2,9,15H2,1H3/b16-14-. The lowest BCUT2D eigenvalue weighted by molar-refractivity contribution is 0.169. The number of hydrogen-bond acceptors (Lipinski definition) is 1. The van der Waals surface area contributed by atoms with Crippen molar-refractivity contribution < 1.29 is 5.11 Å². The molecule has 0 heterocycles. The fourth-order valence-corrected chi connectivity index (χ4v) is 2.38. The number of aliphatic hydroxyl groups is 1. The number of aliphatic hydroxyl groups excluding tert-OH is 1. The maximum absolute atomic E-state index is 10.1. The third-order valence-electron chi connectivity index (χ3n) is 3.54. The molecule has 1 heteroatoms. The number of hydrogen-bond donors (Lipinski definition) is 1. The second kappa shape index (κ2) is 7.66. The number of allylic oxidation sites excluding steroid dienone is 2. The monoisotopic (exact) mass is 266 g/mol. The van der Waals surface area contributed by atoms with Gasteiger partial charge < -0.3 is 5.11 Å². The van der Waals surface area contributed by atoms with Gasteiger partial charge in [0, 0.05) is 0 Å². The quantitative estimate of drug-likeness (QED) is 0.780. The highest BCUT2D eigenvalue weighted by Gasteiger charge is 2.05. The Morgan fingerprint density at radius 2 is 1.60 bits per heavy atom. The highest BCUT2D eigenvalue weighted by atomic mass is 16.3. The van der Waals surface area contributed by atoms with E-state index >= 15 is 0 Å². The number of benzene rings is 2. The van der Waals surface area contributed by atoms with E-state index in [0.717, 1.165) is 24.8 Å². The molecule has 0 radical (unpaired) electrons. The highest BCUT2D eigenvalue weighted by Crippen LogP contribution is 2.22. The van der Waals surface area contributed by atoms with Gasteiger partial charge in [0.1, 0.15) is 0 Å². The van der Waals surface area contributed by atoms with E-state index in [1.165, 1.54) is 11.1 Å². The molecule has 1 unspecified atom stereocenters. The van der Waals surface area contributed by atoms with Crippen LogP contribution in [0.1, 0.15) is 43.4 Å². The summed E-state index contributed by atoms with van der Waals surface area (Å²) in [6, 6.07) is 20.3. The average molecular weight is 266 g/mol. The van der Waals surface area contributed by atoms with Crippen LogP contribution in [0.25, 0.3) is 5.57 Å². The third kappa shape index (κ3) is 4.07. The molecule has 20 heavy (non-hydrogen) atoms. The van der Waals surface area contributed by atoms with Crippen LogP contribution in [-0.2, 0) is 0 Å². The Hall–Kier alpha value is -1.86. The lowest BCUT2D eigenvalue weighted by atomic mass is 9.99. The molecule has 0 aromatic heterocycles. The Morgan fingerprint density at radius 1 is 1.00 bits per heavy atom. The van der Waals surface area contributed by atoms with Gasteiger partial charge in [-0.1, -0.05) is 73.7 Å². The average Bonchev–Trinajstić information content (AvgIpc) is 2.53. The Balaban J connectivity index is 1.95. The molecular weight excluding hydrogens is 244 g/mol. The predicted octanol–water partition coefficient (Wildman–Crippen LogP) is 4.99. The van der Waals surface area contributed by atoms with Crippen LogP contribution in [0.4, 0.5) is 0 Å². The summed E-state index contributed by atoms with van der Waals surface area (Å²) < 4.78 is 0. The molecule has 1 atom stereocenters. The summed E-state index contributed by atoms with van der Waals surface area (Å²) in [6.07, 6.45) is 4.56. The van der Waals surface area contributed by atoms with Gasteiger partial charge in [-0.05, 0) is 36.0 Å². The molecule has 2 rings (SSSR count). The predicted molar refractivity (Wildman–Crippen MR) is 85.3 cm³/mol. The molecule has 104 valence electrons. The van der Waals surface area contributed by atoms with E-state index in [0.29, 0.717) is 0 Å². The van der Waals surface area contributed by atoms with E-state index in [1.54, 1.807) is 0 Å². The first-order valence-corrected chi connectivity index (χ1v) is 7.28. The molecule has 1 N–H and O–H groups in total. The molecule has 1 nitrogen and oxygen atoms in total. The molecular formula is C19H22O. The van der Waals surface area contributed by atoms with Gasteiger partial charge in [-0.15, -0.1) is 0 Å². The lowest BCUT2D eigenvalue weighted by Gasteiger charge is -2.10. The number of rotatable bonds is 6. The van der Waals surface area contributed by atoms with Crippen molar-refractivity contribution >= 4 is 5.57 Å². The van der Waals surface area contributed by atoms with Gasteiger partial charge in [-0.25, -0.2) is 0 Å². The van der Waals surface area contributed by atoms with Gasteiger partial charge in [0.05, 0.1) is 6.10 Å². The zero-order valence-corrected chi connectivity index (χ0v) is 12.0. The molecule has 2 aromatic rings. The minimum atomic E-state index is -0.374. The van der Waals surface area contributed by atoms with Crippen LogP contribution in [0.5, 0.6) is 0 Å². The zero-order chi connectivity index (χ0) is 14.2. The van der Waals surface area contributed by atoms with E-state index in [2.05, 4.69) is 37.3 Å². The maximum atomic E-state index is 10.1. The first-order valence-electron chi connectivity index (χ1n) is 7.28. The van der Waals surface area contributed by atoms with Crippen molar-refractivity contribution in [1.82, 2.24) is 0 Å². The fourth-order valence-electron chi connectivity index (χ4n) is 2.38. The van der Waals surface area contributed by atoms with Crippen molar-refractivity contribution in [2.24, 2.45) is 0 Å². The van der Waals surface area contributed by atoms with Gasteiger partial charge in [0.25, 0.3) is 0 Å². The SMILES string of the molecule is CC/C(=C/CCC(O)c1ccccc1)c1ccccc1. The van der Waals surface area contributed by atoms with Crippen molar-refractivity contribution in [3.05, 3.63) is 77.9 Å². The normalized spacial score (nSPS) is 13.2. The molecule has 0 saturated heterocycles. The van der Waals surface area contributed by atoms with Gasteiger partial charge >= 0.3 is 0 Å². The first kappa shape index (κ1) is 14.5. The molecule has 0 aliphatic carbocycles. The molecule has 0 fully saturated rings. The van der Waals surface area contributed by atoms with E-state index < -0.39 is 0 Å². The Kier molecular flexibility index (Phi) is 5.57. The van der Waals surface area contributed by atoms with Gasteiger partial charge in [-0.3, -0.25) is 0 Å². The Morgan fingerprint density at radius 3 is 2.20 bits per heavy atom. The van der Waals surface area contributed by atoms with E-state index in [1.807, 2.05) is 36.4 Å². The zero-order valence-electron chi connectivity index (χ0n) is 12.0. The molecule has 0 aliphatic rings. The summed E-state index contributed by atoms with van der Waals surface area (Å²) in [5.41, 5.74) is 3.63. The van der Waals surface area contributed by atoms with Gasteiger partial charge in [0.2, 0.25) is 0 Å². The maximum Gasteiger partial charge on any atom is 0.0793 e. The van der Waals surface area contributed by atoms with Gasteiger partial charge in [0.15, 0.2) is 0 Å². The van der Waals surface area contributed by atoms with Crippen molar-refractivity contribution in [1.29, 1.82) is 0 Å². The summed E-state index contributed by atoms with van der Waals surface area (Å²) in [6.45, 7) is 2.17. The first-order chi connectivity index (χ1) is 9.81. The molecule has 0 spiro atoms. The van der Waals surface area contributed by atoms with E-state index in [9.17, 15) is 5.11 Å². The highest BCUT2D eigenvalue weighted by molar-refractivity contribution is 5.65. The van der Waals surface area contributed by atoms with E-state index in [4.69, 9.17) is 0 Å². The fraction of sp³-hybridized carbons (Fsp3) is 0.263. The van der Waals surface area contributed by atoms with Crippen LogP contribution < -0.4 is 0 Å². The smallest absolute Gasteiger partial charge is 0.0793 e. The minimum absolute atomic E-state index is 0.374. The largest absolute Gasteiger partial charge is 0.388 e. The van der Waals surface area contributed by atoms with E-state index in [-0.39, 0.29) is 6.10 Å². The summed E-state index contributed by atoms with van der Waals surface area (Å²) in [5, 5.41) is 10.1. The lowest BCUT2D eigenvalue weighted by Crippen LogP contribution is -1.96. The van der Waals surface area contributed by atoms with Crippen LogP contribution >= 0.6 is 0 Å². The molecule has 0 aliphatic heterocycles. The summed E-state index contributed by atoms with van der Waals surface area (Å²) in [5.74, 6) is 0. The third-order valence-corrected chi connectivity index (χ3v) is 3.54. The summed E-state index contributed by atoms with van der Waals surface area (Å²) in [7, 11) is 0. The van der Waals surface area contributed by atoms with Crippen molar-refractivity contribution in [2.45, 2.75) is 32.3 Å². The second-order valence-corrected chi connectivity index (χ2v) is 4.95. The second-order valence-electron chi connectivity index (χ2n) is 4.95. The van der Waals surface area contributed by atoms with Crippen molar-refractivity contribution in [2.75, 3.05) is 0 Å². The van der Waals surface area contributed by atoms with Crippen LogP contribution in [0, 0.1) is 0 Å². The van der Waals surface area contributed by atoms with Crippen LogP contribution in [0.3, 0.4) is 0 Å². The van der Waals surface area contributed by atoms with Crippen LogP contribution in [-0.4, -0.2) is 5.11 Å². The minimum Gasteiger partial charge on any atom is -0.388 e. The van der Waals surface area contributed by atoms with Crippen LogP contribution in [0.2, 0.25) is 0 Å². The Labute approximate surface area is 121 Å². The molecule has 0 bridgehead atoms. The molecule has 0 amide bonds. The van der Waals surface area contributed by atoms with Crippen molar-refractivity contribution in [3.8, 4) is 0 Å². The molecule has 2 aromatic carbocycles. The van der Waals surface area contributed by atoms with Gasteiger partial charge in [-0.2, -0.15) is 0 Å².